The van der Waals surface area contributed by atoms with Crippen LogP contribution >= 0.6 is 0 Å². The van der Waals surface area contributed by atoms with Crippen LogP contribution in [0.15, 0.2) is 24.8 Å². The van der Waals surface area contributed by atoms with Crippen LogP contribution in [0, 0.1) is 11.3 Å². The first-order valence-corrected chi connectivity index (χ1v) is 5.15. The van der Waals surface area contributed by atoms with Crippen molar-refractivity contribution in [2.45, 2.75) is 38.5 Å². The molecule has 0 heterocycles. The maximum atomic E-state index is 3.77. The van der Waals surface area contributed by atoms with Gasteiger partial charge >= 0.3 is 0 Å². The summed E-state index contributed by atoms with van der Waals surface area (Å²) >= 11 is 0. The lowest BCUT2D eigenvalue weighted by molar-refractivity contribution is 0.360. The number of hydrogen-bond donors (Lipinski definition) is 0. The van der Waals surface area contributed by atoms with E-state index in [1.54, 1.807) is 0 Å². The third-order valence-electron chi connectivity index (χ3n) is 3.49. The van der Waals surface area contributed by atoms with Gasteiger partial charge in [-0.3, -0.25) is 0 Å². The van der Waals surface area contributed by atoms with Crippen LogP contribution < -0.4 is 0 Å². The Hall–Kier alpha value is -0.520. The first kappa shape index (κ1) is 8.10. The molecule has 0 aromatic heterocycles. The number of hydrogen-bond acceptors (Lipinski definition) is 0. The predicted molar refractivity (Wildman–Crippen MR) is 53.0 cm³/mol. The Morgan fingerprint density at radius 3 is 3.00 bits per heavy atom. The van der Waals surface area contributed by atoms with E-state index in [0.29, 0.717) is 5.41 Å². The van der Waals surface area contributed by atoms with Crippen LogP contribution in [-0.4, -0.2) is 0 Å². The number of unbranched alkanes of at least 4 members (excludes halogenated alkanes) is 1. The molecule has 0 radical (unpaired) electrons. The Labute approximate surface area is 75.4 Å². The Bertz CT molecular complexity index is 202. The van der Waals surface area contributed by atoms with Gasteiger partial charge in [-0.2, -0.15) is 0 Å². The summed E-state index contributed by atoms with van der Waals surface area (Å²) in [6.07, 6.45) is 15.2. The first-order chi connectivity index (χ1) is 5.85. The zero-order chi connectivity index (χ0) is 8.44. The van der Waals surface area contributed by atoms with Crippen molar-refractivity contribution < 1.29 is 0 Å². The van der Waals surface area contributed by atoms with E-state index in [1.165, 1.54) is 38.5 Å². The molecule has 2 atom stereocenters. The van der Waals surface area contributed by atoms with Gasteiger partial charge in [0.25, 0.3) is 0 Å². The van der Waals surface area contributed by atoms with Crippen molar-refractivity contribution in [1.29, 1.82) is 0 Å². The molecule has 0 aliphatic heterocycles. The van der Waals surface area contributed by atoms with Crippen molar-refractivity contribution in [3.8, 4) is 0 Å². The minimum absolute atomic E-state index is 0.633. The molecule has 0 nitrogen and oxygen atoms in total. The van der Waals surface area contributed by atoms with Crippen LogP contribution in [0.5, 0.6) is 0 Å². The van der Waals surface area contributed by atoms with E-state index in [0.717, 1.165) is 5.92 Å². The first-order valence-electron chi connectivity index (χ1n) is 5.15. The monoisotopic (exact) mass is 162 g/mol. The van der Waals surface area contributed by atoms with Crippen LogP contribution in [-0.2, 0) is 0 Å². The lowest BCUT2D eigenvalue weighted by Gasteiger charge is -2.22. The molecular weight excluding hydrogens is 144 g/mol. The van der Waals surface area contributed by atoms with E-state index in [-0.39, 0.29) is 0 Å². The average molecular weight is 162 g/mol. The molecule has 0 N–H and O–H groups in total. The van der Waals surface area contributed by atoms with Crippen LogP contribution in [0.4, 0.5) is 0 Å². The highest BCUT2D eigenvalue weighted by Gasteiger charge is 2.39. The smallest absolute Gasteiger partial charge is 0.0112 e. The fraction of sp³-hybridized carbons (Fsp3) is 0.667. The normalized spacial score (nSPS) is 37.5. The van der Waals surface area contributed by atoms with E-state index in [1.807, 2.05) is 6.08 Å². The standard InChI is InChI=1S/C12H18/c1-2-3-4-7-12-8-5-11(10-12)6-9-12/h2,5,8,11H,1,3-4,6-7,9-10H2. The molecule has 66 valence electrons. The van der Waals surface area contributed by atoms with Gasteiger partial charge in [-0.1, -0.05) is 18.2 Å². The van der Waals surface area contributed by atoms with E-state index >= 15 is 0 Å². The van der Waals surface area contributed by atoms with Gasteiger partial charge in [0.2, 0.25) is 0 Å². The van der Waals surface area contributed by atoms with Crippen molar-refractivity contribution in [3.63, 3.8) is 0 Å². The lowest BCUT2D eigenvalue weighted by Crippen LogP contribution is -2.10. The maximum Gasteiger partial charge on any atom is -0.0112 e. The van der Waals surface area contributed by atoms with Gasteiger partial charge in [0.05, 0.1) is 0 Å². The zero-order valence-electron chi connectivity index (χ0n) is 7.76. The summed E-state index contributed by atoms with van der Waals surface area (Å²) in [7, 11) is 0. The Morgan fingerprint density at radius 1 is 1.58 bits per heavy atom. The summed E-state index contributed by atoms with van der Waals surface area (Å²) < 4.78 is 0. The molecule has 1 fully saturated rings. The Kier molecular flexibility index (Phi) is 2.08. The Balaban J connectivity index is 1.86. The van der Waals surface area contributed by atoms with Gasteiger partial charge in [0.15, 0.2) is 0 Å². The van der Waals surface area contributed by atoms with Crippen LogP contribution in [0.1, 0.15) is 38.5 Å². The third-order valence-corrected chi connectivity index (χ3v) is 3.49. The summed E-state index contributed by atoms with van der Waals surface area (Å²) in [5.74, 6) is 0.939. The molecule has 2 unspecified atom stereocenters. The van der Waals surface area contributed by atoms with Crippen molar-refractivity contribution in [1.82, 2.24) is 0 Å². The fourth-order valence-corrected chi connectivity index (χ4v) is 2.76. The summed E-state index contributed by atoms with van der Waals surface area (Å²) in [5, 5.41) is 0. The minimum Gasteiger partial charge on any atom is -0.103 e. The molecule has 0 amide bonds. The molecule has 1 saturated carbocycles. The molecule has 2 aliphatic carbocycles. The molecule has 2 bridgehead atoms. The molecule has 2 aliphatic rings. The quantitative estimate of drug-likeness (QED) is 0.437. The van der Waals surface area contributed by atoms with Gasteiger partial charge in [-0.25, -0.2) is 0 Å². The molecule has 12 heavy (non-hydrogen) atoms. The van der Waals surface area contributed by atoms with Gasteiger partial charge < -0.3 is 0 Å². The van der Waals surface area contributed by atoms with E-state index in [4.69, 9.17) is 0 Å². The van der Waals surface area contributed by atoms with Crippen molar-refractivity contribution in [2.24, 2.45) is 11.3 Å². The zero-order valence-corrected chi connectivity index (χ0v) is 7.76. The summed E-state index contributed by atoms with van der Waals surface area (Å²) in [4.78, 5) is 0. The second kappa shape index (κ2) is 3.08. The highest BCUT2D eigenvalue weighted by molar-refractivity contribution is 5.15. The predicted octanol–water partition coefficient (Wildman–Crippen LogP) is 3.70. The van der Waals surface area contributed by atoms with E-state index < -0.39 is 0 Å². The SMILES string of the molecule is C=CCCCC12C=CC(CC1)C2. The van der Waals surface area contributed by atoms with Gasteiger partial charge in [0, 0.05) is 0 Å². The lowest BCUT2D eigenvalue weighted by atomic mass is 9.82. The highest BCUT2D eigenvalue weighted by Crippen LogP contribution is 2.51. The fourth-order valence-electron chi connectivity index (χ4n) is 2.76. The maximum absolute atomic E-state index is 3.77. The number of allylic oxidation sites excluding steroid dienone is 3. The van der Waals surface area contributed by atoms with Crippen LogP contribution in [0.3, 0.4) is 0 Å². The summed E-state index contributed by atoms with van der Waals surface area (Å²) in [6.45, 7) is 3.77. The average Bonchev–Trinajstić information content (AvgIpc) is 2.64. The second-order valence-electron chi connectivity index (χ2n) is 4.41. The summed E-state index contributed by atoms with van der Waals surface area (Å²) in [6, 6.07) is 0. The van der Waals surface area contributed by atoms with Crippen molar-refractivity contribution in [3.05, 3.63) is 24.8 Å². The molecule has 2 rings (SSSR count). The van der Waals surface area contributed by atoms with Crippen LogP contribution in [0.25, 0.3) is 0 Å². The van der Waals surface area contributed by atoms with Gasteiger partial charge in [0.1, 0.15) is 0 Å². The summed E-state index contributed by atoms with van der Waals surface area (Å²) in [5.41, 5.74) is 0.633. The topological polar surface area (TPSA) is 0 Å². The molecule has 0 aromatic carbocycles. The van der Waals surface area contributed by atoms with Crippen molar-refractivity contribution in [2.75, 3.05) is 0 Å². The third kappa shape index (κ3) is 1.35. The molecule has 0 spiro atoms. The highest BCUT2D eigenvalue weighted by atomic mass is 14.4. The minimum atomic E-state index is 0.633. The number of fused-ring (bicyclic) bond motifs is 2. The molecular formula is C12H18. The van der Waals surface area contributed by atoms with Gasteiger partial charge in [-0.05, 0) is 49.9 Å². The molecule has 0 aromatic rings. The molecule has 0 saturated heterocycles. The molecule has 0 heteroatoms. The van der Waals surface area contributed by atoms with Gasteiger partial charge in [-0.15, -0.1) is 6.58 Å². The second-order valence-corrected chi connectivity index (χ2v) is 4.41. The van der Waals surface area contributed by atoms with E-state index in [9.17, 15) is 0 Å². The van der Waals surface area contributed by atoms with Crippen molar-refractivity contribution >= 4 is 0 Å². The number of rotatable bonds is 4. The largest absolute Gasteiger partial charge is 0.103 e. The Morgan fingerprint density at radius 2 is 2.50 bits per heavy atom. The van der Waals surface area contributed by atoms with Crippen LogP contribution in [0.2, 0.25) is 0 Å². The van der Waals surface area contributed by atoms with E-state index in [2.05, 4.69) is 18.7 Å².